The van der Waals surface area contributed by atoms with Crippen LogP contribution in [-0.2, 0) is 0 Å². The molecule has 0 N–H and O–H groups in total. The van der Waals surface area contributed by atoms with Crippen molar-refractivity contribution in [3.05, 3.63) is 273 Å². The molecule has 0 amide bonds. The molecule has 12 aromatic carbocycles. The normalized spacial score (nSPS) is 12.1. The molecule has 0 radical (unpaired) electrons. The summed E-state index contributed by atoms with van der Waals surface area (Å²) in [5.41, 5.74) is 18.5. The van der Waals surface area contributed by atoms with Crippen LogP contribution < -0.4 is 4.90 Å². The maximum atomic E-state index is 7.58. The van der Waals surface area contributed by atoms with E-state index in [1.807, 2.05) is 0 Å². The second-order valence-electron chi connectivity index (χ2n) is 20.4. The summed E-state index contributed by atoms with van der Waals surface area (Å²) in [5.74, 6) is 0. The molecule has 6 nitrogen and oxygen atoms in total. The molecule has 17 aromatic rings. The minimum absolute atomic E-state index is 0.871. The Labute approximate surface area is 447 Å². The third-order valence-corrected chi connectivity index (χ3v) is 16.3. The van der Waals surface area contributed by atoms with E-state index < -0.39 is 0 Å². The highest BCUT2D eigenvalue weighted by atomic mass is 16.3. The smallest absolute Gasteiger partial charge is 0.145 e. The van der Waals surface area contributed by atoms with E-state index in [0.29, 0.717) is 0 Å². The van der Waals surface area contributed by atoms with Crippen LogP contribution in [0.2, 0.25) is 0 Å². The lowest BCUT2D eigenvalue weighted by molar-refractivity contribution is 0.677. The van der Waals surface area contributed by atoms with Gasteiger partial charge in [0, 0.05) is 82.9 Å². The first-order valence-corrected chi connectivity index (χ1v) is 26.7. The number of hydrogen-bond donors (Lipinski definition) is 0. The first kappa shape index (κ1) is 42.8. The van der Waals surface area contributed by atoms with E-state index in [-0.39, 0.29) is 0 Å². The van der Waals surface area contributed by atoms with Crippen molar-refractivity contribution in [3.8, 4) is 22.7 Å². The highest BCUT2D eigenvalue weighted by Crippen LogP contribution is 2.47. The Bertz CT molecular complexity index is 5220. The summed E-state index contributed by atoms with van der Waals surface area (Å²) in [5, 5.41) is 11.4. The number of nitrogens with zero attached hydrogens (tertiary/aromatic N) is 5. The molecule has 0 aliphatic rings. The number of hydrogen-bond acceptors (Lipinski definition) is 2. The standard InChI is InChI=1S/C72H45N5O/c1-5-19-46(20-6-1)73(47-21-7-2-8-22-47)50-33-40-66-60(45-50)70-68(77(66)52-35-39-65-59(44-52)54-28-14-17-31-62(54)75(65)49-25-11-4-12-26-49)42-37-56-55-36-41-67-69(71(55)78-72(56)70)57-29-15-18-32-63(57)76(67)51-34-38-64-58(43-51)53-27-13-16-30-61(53)74(64)48-23-9-3-10-24-48/h1-45H. The fourth-order valence-corrected chi connectivity index (χ4v) is 13.0. The van der Waals surface area contributed by atoms with Gasteiger partial charge in [-0.15, -0.1) is 0 Å². The van der Waals surface area contributed by atoms with E-state index in [0.717, 1.165) is 111 Å². The maximum Gasteiger partial charge on any atom is 0.145 e. The molecule has 0 aliphatic heterocycles. The Morgan fingerprint density at radius 2 is 0.577 bits per heavy atom. The molecule has 364 valence electrons. The number of fused-ring (bicyclic) bond motifs is 17. The average molecular weight is 996 g/mol. The molecule has 0 fully saturated rings. The van der Waals surface area contributed by atoms with Crippen LogP contribution in [0, 0.1) is 0 Å². The molecule has 5 heterocycles. The molecular formula is C72H45N5O. The van der Waals surface area contributed by atoms with Crippen molar-refractivity contribution in [2.24, 2.45) is 0 Å². The number of furan rings is 1. The third kappa shape index (κ3) is 6.08. The van der Waals surface area contributed by atoms with Gasteiger partial charge in [0.05, 0.1) is 54.9 Å². The van der Waals surface area contributed by atoms with Gasteiger partial charge in [-0.05, 0) is 146 Å². The van der Waals surface area contributed by atoms with Crippen LogP contribution in [0.1, 0.15) is 0 Å². The van der Waals surface area contributed by atoms with Crippen LogP contribution in [-0.4, -0.2) is 18.3 Å². The molecule has 0 aliphatic carbocycles. The van der Waals surface area contributed by atoms with Gasteiger partial charge in [-0.1, -0.05) is 127 Å². The number of anilines is 3. The molecule has 0 spiro atoms. The molecule has 6 heteroatoms. The van der Waals surface area contributed by atoms with E-state index >= 15 is 0 Å². The largest absolute Gasteiger partial charge is 0.455 e. The summed E-state index contributed by atoms with van der Waals surface area (Å²) in [6.45, 7) is 0. The van der Waals surface area contributed by atoms with Crippen LogP contribution in [0.5, 0.6) is 0 Å². The Hall–Kier alpha value is -10.6. The van der Waals surface area contributed by atoms with E-state index in [4.69, 9.17) is 4.42 Å². The van der Waals surface area contributed by atoms with E-state index in [9.17, 15) is 0 Å². The van der Waals surface area contributed by atoms with Gasteiger partial charge in [0.25, 0.3) is 0 Å². The number of aromatic nitrogens is 4. The Kier molecular flexibility index (Phi) is 9.03. The molecular weight excluding hydrogens is 951 g/mol. The lowest BCUT2D eigenvalue weighted by atomic mass is 10.1. The third-order valence-electron chi connectivity index (χ3n) is 16.3. The molecule has 17 rings (SSSR count). The van der Waals surface area contributed by atoms with Crippen LogP contribution in [0.15, 0.2) is 277 Å². The zero-order valence-electron chi connectivity index (χ0n) is 42.1. The highest BCUT2D eigenvalue weighted by Gasteiger charge is 2.25. The summed E-state index contributed by atoms with van der Waals surface area (Å²) in [7, 11) is 0. The molecule has 78 heavy (non-hydrogen) atoms. The number of para-hydroxylation sites is 7. The molecule has 0 bridgehead atoms. The van der Waals surface area contributed by atoms with Crippen molar-refractivity contribution >= 4 is 126 Å². The summed E-state index contributed by atoms with van der Waals surface area (Å²) in [6, 6.07) is 99.0. The van der Waals surface area contributed by atoms with Crippen molar-refractivity contribution in [1.82, 2.24) is 18.3 Å². The van der Waals surface area contributed by atoms with Gasteiger partial charge in [-0.3, -0.25) is 0 Å². The van der Waals surface area contributed by atoms with Gasteiger partial charge < -0.3 is 27.6 Å². The van der Waals surface area contributed by atoms with Crippen molar-refractivity contribution in [3.63, 3.8) is 0 Å². The minimum atomic E-state index is 0.871. The molecule has 5 aromatic heterocycles. The maximum absolute atomic E-state index is 7.58. The van der Waals surface area contributed by atoms with Crippen molar-refractivity contribution in [2.45, 2.75) is 0 Å². The lowest BCUT2D eigenvalue weighted by Crippen LogP contribution is -2.09. The van der Waals surface area contributed by atoms with E-state index in [1.165, 1.54) is 38.1 Å². The highest BCUT2D eigenvalue weighted by molar-refractivity contribution is 6.29. The second-order valence-corrected chi connectivity index (χ2v) is 20.4. The summed E-state index contributed by atoms with van der Waals surface area (Å²) >= 11 is 0. The van der Waals surface area contributed by atoms with E-state index in [1.54, 1.807) is 0 Å². The van der Waals surface area contributed by atoms with Gasteiger partial charge >= 0.3 is 0 Å². The van der Waals surface area contributed by atoms with Gasteiger partial charge in [-0.25, -0.2) is 0 Å². The summed E-state index contributed by atoms with van der Waals surface area (Å²) in [6.07, 6.45) is 0. The zero-order valence-corrected chi connectivity index (χ0v) is 42.1. The molecule has 0 unspecified atom stereocenters. The Balaban J connectivity index is 0.932. The Morgan fingerprint density at radius 3 is 1.08 bits per heavy atom. The van der Waals surface area contributed by atoms with Gasteiger partial charge in [0.1, 0.15) is 11.2 Å². The van der Waals surface area contributed by atoms with Gasteiger partial charge in [0.15, 0.2) is 0 Å². The quantitative estimate of drug-likeness (QED) is 0.160. The van der Waals surface area contributed by atoms with Crippen molar-refractivity contribution in [2.75, 3.05) is 4.90 Å². The fourth-order valence-electron chi connectivity index (χ4n) is 13.0. The monoisotopic (exact) mass is 995 g/mol. The number of benzene rings is 12. The first-order valence-electron chi connectivity index (χ1n) is 26.7. The second kappa shape index (κ2) is 16.5. The predicted octanol–water partition coefficient (Wildman–Crippen LogP) is 19.4. The van der Waals surface area contributed by atoms with Crippen molar-refractivity contribution < 1.29 is 4.42 Å². The number of rotatable bonds is 7. The predicted molar refractivity (Wildman–Crippen MR) is 326 cm³/mol. The van der Waals surface area contributed by atoms with Crippen LogP contribution in [0.4, 0.5) is 17.1 Å². The molecule has 0 atom stereocenters. The molecule has 0 saturated heterocycles. The summed E-state index contributed by atoms with van der Waals surface area (Å²) in [4.78, 5) is 2.35. The van der Waals surface area contributed by atoms with Gasteiger partial charge in [0.2, 0.25) is 0 Å². The van der Waals surface area contributed by atoms with Crippen LogP contribution in [0.25, 0.3) is 132 Å². The topological polar surface area (TPSA) is 36.1 Å². The average Bonchev–Trinajstić information content (AvgIpc) is 4.43. The van der Waals surface area contributed by atoms with E-state index in [2.05, 4.69) is 296 Å². The minimum Gasteiger partial charge on any atom is -0.455 e. The van der Waals surface area contributed by atoms with Crippen LogP contribution in [0.3, 0.4) is 0 Å². The summed E-state index contributed by atoms with van der Waals surface area (Å²) < 4.78 is 17.2. The van der Waals surface area contributed by atoms with Crippen LogP contribution >= 0.6 is 0 Å². The SMILES string of the molecule is c1ccc(N(c2ccccc2)c2ccc3c(c2)c2c4oc5c(ccc6c5c5ccccc5n6-c5ccc6c(c5)c5ccccc5n6-c5ccccc5)c4ccc2n3-c2ccc3c(c2)c2ccccc2n3-c2ccccc2)cc1. The van der Waals surface area contributed by atoms with Crippen molar-refractivity contribution in [1.29, 1.82) is 0 Å². The molecule has 0 saturated carbocycles. The lowest BCUT2D eigenvalue weighted by Gasteiger charge is -2.25. The zero-order chi connectivity index (χ0) is 51.0. The fraction of sp³-hybridized carbons (Fsp3) is 0. The Morgan fingerprint density at radius 1 is 0.218 bits per heavy atom. The van der Waals surface area contributed by atoms with Gasteiger partial charge in [-0.2, -0.15) is 0 Å². The first-order chi connectivity index (χ1) is 38.7.